The number of fused-ring (bicyclic) bond motifs is 1. The maximum Gasteiger partial charge on any atom is 0.257 e. The number of hydrogen-bond acceptors (Lipinski definition) is 3. The van der Waals surface area contributed by atoms with Crippen LogP contribution >= 0.6 is 0 Å². The Morgan fingerprint density at radius 1 is 1.25 bits per heavy atom. The molecule has 0 aliphatic heterocycles. The summed E-state index contributed by atoms with van der Waals surface area (Å²) in [4.78, 5) is 17.1. The van der Waals surface area contributed by atoms with Gasteiger partial charge in [-0.1, -0.05) is 31.0 Å². The highest BCUT2D eigenvalue weighted by atomic mass is 16.3. The van der Waals surface area contributed by atoms with Gasteiger partial charge in [0.2, 0.25) is 0 Å². The molecule has 1 aromatic carbocycles. The van der Waals surface area contributed by atoms with Crippen LogP contribution in [0.2, 0.25) is 0 Å². The number of likely N-dealkylation sites (N-methyl/N-ethyl adjacent to an activating group) is 1. The van der Waals surface area contributed by atoms with Crippen LogP contribution in [0.1, 0.15) is 25.7 Å². The van der Waals surface area contributed by atoms with E-state index in [2.05, 4.69) is 4.98 Å². The molecule has 2 aromatic rings. The quantitative estimate of drug-likeness (QED) is 0.881. The van der Waals surface area contributed by atoms with E-state index in [1.807, 2.05) is 42.3 Å². The van der Waals surface area contributed by atoms with Crippen molar-refractivity contribution < 1.29 is 5.11 Å². The molecule has 3 rings (SSSR count). The van der Waals surface area contributed by atoms with Crippen molar-refractivity contribution in [2.24, 2.45) is 0 Å². The Bertz CT molecular complexity index is 665. The molecule has 2 N–H and O–H groups in total. The molecule has 1 aliphatic carbocycles. The minimum Gasteiger partial charge on any atom is -0.391 e. The van der Waals surface area contributed by atoms with E-state index in [1.54, 1.807) is 0 Å². The number of hydrogen-bond donors (Lipinski definition) is 2. The van der Waals surface area contributed by atoms with Gasteiger partial charge >= 0.3 is 0 Å². The minimum absolute atomic E-state index is 0.0738. The van der Waals surface area contributed by atoms with Crippen molar-refractivity contribution in [1.82, 2.24) is 4.98 Å². The zero-order valence-corrected chi connectivity index (χ0v) is 11.7. The lowest BCUT2D eigenvalue weighted by molar-refractivity contribution is 0.106. The summed E-state index contributed by atoms with van der Waals surface area (Å²) in [6, 6.07) is 9.64. The number of anilines is 1. The van der Waals surface area contributed by atoms with Gasteiger partial charge in [-0.15, -0.1) is 0 Å². The number of nitrogens with one attached hydrogen (secondary N) is 1. The van der Waals surface area contributed by atoms with Gasteiger partial charge in [-0.05, 0) is 30.4 Å². The monoisotopic (exact) mass is 272 g/mol. The third-order valence-corrected chi connectivity index (χ3v) is 4.31. The van der Waals surface area contributed by atoms with E-state index in [0.717, 1.165) is 36.9 Å². The van der Waals surface area contributed by atoms with Gasteiger partial charge in [-0.2, -0.15) is 0 Å². The molecular formula is C16H20N2O2. The average molecular weight is 272 g/mol. The second kappa shape index (κ2) is 5.29. The van der Waals surface area contributed by atoms with Gasteiger partial charge in [0, 0.05) is 12.4 Å². The van der Waals surface area contributed by atoms with Gasteiger partial charge < -0.3 is 15.0 Å². The number of aromatic nitrogens is 1. The summed E-state index contributed by atoms with van der Waals surface area (Å²) in [5, 5.41) is 11.8. The Morgan fingerprint density at radius 3 is 2.80 bits per heavy atom. The van der Waals surface area contributed by atoms with Crippen molar-refractivity contribution in [2.75, 3.05) is 11.9 Å². The third kappa shape index (κ3) is 2.31. The molecule has 2 atom stereocenters. The lowest BCUT2D eigenvalue weighted by Gasteiger charge is -2.36. The molecule has 0 saturated heterocycles. The highest BCUT2D eigenvalue weighted by molar-refractivity contribution is 5.83. The number of rotatable bonds is 2. The molecule has 1 aromatic heterocycles. The molecular weight excluding hydrogens is 252 g/mol. The highest BCUT2D eigenvalue weighted by Crippen LogP contribution is 2.26. The zero-order valence-electron chi connectivity index (χ0n) is 11.7. The van der Waals surface area contributed by atoms with Crippen LogP contribution in [-0.4, -0.2) is 29.3 Å². The first-order chi connectivity index (χ1) is 9.66. The SMILES string of the molecule is CN(c1cc2ccccc2c(=O)[nH]1)C1CCCCC1O. The average Bonchev–Trinajstić information content (AvgIpc) is 2.47. The molecule has 1 saturated carbocycles. The lowest BCUT2D eigenvalue weighted by Crippen LogP contribution is -2.44. The molecule has 1 fully saturated rings. The molecule has 0 bridgehead atoms. The van der Waals surface area contributed by atoms with Crippen LogP contribution in [0.15, 0.2) is 35.1 Å². The van der Waals surface area contributed by atoms with Crippen LogP contribution in [0.25, 0.3) is 10.8 Å². The highest BCUT2D eigenvalue weighted by Gasteiger charge is 2.27. The van der Waals surface area contributed by atoms with Crippen LogP contribution in [-0.2, 0) is 0 Å². The van der Waals surface area contributed by atoms with E-state index in [-0.39, 0.29) is 17.7 Å². The first-order valence-corrected chi connectivity index (χ1v) is 7.20. The molecule has 4 nitrogen and oxygen atoms in total. The Hall–Kier alpha value is -1.81. The number of pyridine rings is 1. The van der Waals surface area contributed by atoms with Crippen LogP contribution in [0.3, 0.4) is 0 Å². The fourth-order valence-electron chi connectivity index (χ4n) is 3.11. The van der Waals surface area contributed by atoms with Gasteiger partial charge in [-0.3, -0.25) is 4.79 Å². The number of H-pyrrole nitrogens is 1. The molecule has 2 unspecified atom stereocenters. The third-order valence-electron chi connectivity index (χ3n) is 4.31. The standard InChI is InChI=1S/C16H20N2O2/c1-18(13-8-4-5-9-14(13)19)15-10-11-6-2-3-7-12(11)16(20)17-15/h2-3,6-7,10,13-14,19H,4-5,8-9H2,1H3,(H,17,20). The summed E-state index contributed by atoms with van der Waals surface area (Å²) >= 11 is 0. The van der Waals surface area contributed by atoms with Crippen LogP contribution in [0, 0.1) is 0 Å². The van der Waals surface area contributed by atoms with E-state index >= 15 is 0 Å². The Morgan fingerprint density at radius 2 is 2.00 bits per heavy atom. The van der Waals surface area contributed by atoms with Gasteiger partial charge in [-0.25, -0.2) is 0 Å². The van der Waals surface area contributed by atoms with Crippen molar-refractivity contribution in [2.45, 2.75) is 37.8 Å². The van der Waals surface area contributed by atoms with Crippen molar-refractivity contribution >= 4 is 16.6 Å². The van der Waals surface area contributed by atoms with Crippen LogP contribution in [0.4, 0.5) is 5.82 Å². The van der Waals surface area contributed by atoms with Gasteiger partial charge in [0.05, 0.1) is 12.1 Å². The first kappa shape index (κ1) is 13.2. The largest absolute Gasteiger partial charge is 0.391 e. The van der Waals surface area contributed by atoms with E-state index in [1.165, 1.54) is 0 Å². The van der Waals surface area contributed by atoms with E-state index < -0.39 is 0 Å². The fourth-order valence-corrected chi connectivity index (χ4v) is 3.11. The topological polar surface area (TPSA) is 56.3 Å². The van der Waals surface area contributed by atoms with Gasteiger partial charge in [0.25, 0.3) is 5.56 Å². The number of nitrogens with zero attached hydrogens (tertiary/aromatic N) is 1. The second-order valence-corrected chi connectivity index (χ2v) is 5.60. The molecule has 4 heteroatoms. The predicted octanol–water partition coefficient (Wildman–Crippen LogP) is 2.27. The van der Waals surface area contributed by atoms with E-state index in [4.69, 9.17) is 0 Å². The number of aromatic amines is 1. The summed E-state index contributed by atoms with van der Waals surface area (Å²) in [6.07, 6.45) is 3.70. The molecule has 0 amide bonds. The number of aliphatic hydroxyl groups is 1. The Kier molecular flexibility index (Phi) is 3.49. The predicted molar refractivity (Wildman–Crippen MR) is 81.2 cm³/mol. The normalized spacial score (nSPS) is 22.9. The summed E-state index contributed by atoms with van der Waals surface area (Å²) < 4.78 is 0. The maximum absolute atomic E-state index is 12.1. The Labute approximate surface area is 118 Å². The zero-order chi connectivity index (χ0) is 14.1. The van der Waals surface area contributed by atoms with Gasteiger partial charge in [0.15, 0.2) is 0 Å². The summed E-state index contributed by atoms with van der Waals surface area (Å²) in [6.45, 7) is 0. The summed E-state index contributed by atoms with van der Waals surface area (Å²) in [7, 11) is 1.94. The lowest BCUT2D eigenvalue weighted by atomic mass is 9.91. The van der Waals surface area contributed by atoms with Crippen molar-refractivity contribution in [1.29, 1.82) is 0 Å². The van der Waals surface area contributed by atoms with Crippen molar-refractivity contribution in [3.63, 3.8) is 0 Å². The Balaban J connectivity index is 1.99. The maximum atomic E-state index is 12.1. The molecule has 1 heterocycles. The molecule has 1 aliphatic rings. The summed E-state index contributed by atoms with van der Waals surface area (Å²) in [5.74, 6) is 0.777. The summed E-state index contributed by atoms with van der Waals surface area (Å²) in [5.41, 5.74) is -0.0738. The smallest absolute Gasteiger partial charge is 0.257 e. The van der Waals surface area contributed by atoms with Crippen molar-refractivity contribution in [3.8, 4) is 0 Å². The van der Waals surface area contributed by atoms with Crippen molar-refractivity contribution in [3.05, 3.63) is 40.7 Å². The molecule has 0 radical (unpaired) electrons. The molecule has 0 spiro atoms. The van der Waals surface area contributed by atoms with Crippen LogP contribution in [0.5, 0.6) is 0 Å². The van der Waals surface area contributed by atoms with Crippen LogP contribution < -0.4 is 10.5 Å². The molecule has 20 heavy (non-hydrogen) atoms. The second-order valence-electron chi connectivity index (χ2n) is 5.60. The first-order valence-electron chi connectivity index (χ1n) is 7.20. The minimum atomic E-state index is -0.316. The number of aliphatic hydroxyl groups excluding tert-OH is 1. The van der Waals surface area contributed by atoms with Gasteiger partial charge in [0.1, 0.15) is 5.82 Å². The molecule has 106 valence electrons. The number of benzene rings is 1. The fraction of sp³-hybridized carbons (Fsp3) is 0.438. The van der Waals surface area contributed by atoms with E-state index in [0.29, 0.717) is 5.39 Å². The van der Waals surface area contributed by atoms with E-state index in [9.17, 15) is 9.90 Å².